The maximum atomic E-state index is 13.6. The van der Waals surface area contributed by atoms with Gasteiger partial charge in [0.2, 0.25) is 0 Å². The average molecular weight is 561 g/mol. The van der Waals surface area contributed by atoms with Crippen LogP contribution < -0.4 is 14.4 Å². The summed E-state index contributed by atoms with van der Waals surface area (Å²) in [5.74, 6) is -1.40. The number of thiazole rings is 1. The van der Waals surface area contributed by atoms with Gasteiger partial charge in [-0.3, -0.25) is 14.5 Å². The number of amides is 1. The van der Waals surface area contributed by atoms with E-state index in [0.717, 1.165) is 22.6 Å². The van der Waals surface area contributed by atoms with Crippen molar-refractivity contribution >= 4 is 39.9 Å². The zero-order chi connectivity index (χ0) is 28.6. The molecular weight excluding hydrogens is 532 g/mol. The van der Waals surface area contributed by atoms with Gasteiger partial charge in [-0.15, -0.1) is 0 Å². The van der Waals surface area contributed by atoms with Crippen molar-refractivity contribution < 1.29 is 33.7 Å². The lowest BCUT2D eigenvalue weighted by atomic mass is 9.94. The molecule has 206 valence electrons. The summed E-state index contributed by atoms with van der Waals surface area (Å²) in [4.78, 5) is 45.5. The number of esters is 1. The molecule has 9 nitrogen and oxygen atoms in total. The van der Waals surface area contributed by atoms with Gasteiger partial charge in [-0.1, -0.05) is 36.1 Å². The lowest BCUT2D eigenvalue weighted by Crippen LogP contribution is -2.29. The number of aromatic nitrogens is 1. The molecule has 2 aliphatic heterocycles. The van der Waals surface area contributed by atoms with Gasteiger partial charge in [0.25, 0.3) is 5.78 Å². The van der Waals surface area contributed by atoms with Crippen LogP contribution in [0, 0.1) is 6.92 Å². The molecule has 0 saturated carbocycles. The predicted octanol–water partition coefficient (Wildman–Crippen LogP) is 5.14. The van der Waals surface area contributed by atoms with Crippen molar-refractivity contribution in [1.29, 1.82) is 0 Å². The van der Waals surface area contributed by atoms with Crippen LogP contribution in [0.4, 0.5) is 5.13 Å². The SMILES string of the molecule is C=CCOc1cccc([C@H]2/C(=C(\O)c3ccc4c(c3)C[C@H](C)O4)C(=O)C(=O)N2c2nc(C)c(C(=O)OCC)s2)c1. The minimum Gasteiger partial charge on any atom is -0.507 e. The third kappa shape index (κ3) is 4.86. The molecule has 1 fully saturated rings. The van der Waals surface area contributed by atoms with Crippen LogP contribution in [0.1, 0.15) is 51.9 Å². The highest BCUT2D eigenvalue weighted by molar-refractivity contribution is 7.17. The number of benzene rings is 2. The van der Waals surface area contributed by atoms with Crippen molar-refractivity contribution in [3.05, 3.63) is 88.0 Å². The number of aliphatic hydroxyl groups is 1. The first kappa shape index (κ1) is 27.1. The number of hydrogen-bond acceptors (Lipinski definition) is 9. The van der Waals surface area contributed by atoms with Gasteiger partial charge in [-0.25, -0.2) is 9.78 Å². The van der Waals surface area contributed by atoms with E-state index in [1.807, 2.05) is 6.92 Å². The quantitative estimate of drug-likeness (QED) is 0.132. The molecule has 0 bridgehead atoms. The van der Waals surface area contributed by atoms with Crippen LogP contribution in [0.3, 0.4) is 0 Å². The maximum Gasteiger partial charge on any atom is 0.350 e. The van der Waals surface area contributed by atoms with Crippen LogP contribution in [-0.2, 0) is 20.7 Å². The summed E-state index contributed by atoms with van der Waals surface area (Å²) in [6.45, 7) is 9.38. The highest BCUT2D eigenvalue weighted by atomic mass is 32.1. The van der Waals surface area contributed by atoms with E-state index in [1.54, 1.807) is 62.4 Å². The van der Waals surface area contributed by atoms with E-state index in [1.165, 1.54) is 4.90 Å². The minimum absolute atomic E-state index is 0.00183. The Labute approximate surface area is 235 Å². The lowest BCUT2D eigenvalue weighted by Gasteiger charge is -2.23. The fraction of sp³-hybridized carbons (Fsp3) is 0.267. The molecule has 0 radical (unpaired) electrons. The van der Waals surface area contributed by atoms with E-state index >= 15 is 0 Å². The Kier molecular flexibility index (Phi) is 7.44. The number of carbonyl (C=O) groups excluding carboxylic acids is 3. The zero-order valence-corrected chi connectivity index (χ0v) is 23.1. The number of nitrogens with zero attached hydrogens (tertiary/aromatic N) is 2. The summed E-state index contributed by atoms with van der Waals surface area (Å²) in [5.41, 5.74) is 2.09. The number of rotatable bonds is 8. The van der Waals surface area contributed by atoms with E-state index in [2.05, 4.69) is 11.6 Å². The third-order valence-electron chi connectivity index (χ3n) is 6.61. The van der Waals surface area contributed by atoms with Gasteiger partial charge in [-0.05, 0) is 62.2 Å². The highest BCUT2D eigenvalue weighted by Crippen LogP contribution is 2.45. The Morgan fingerprint density at radius 2 is 2.08 bits per heavy atom. The first-order valence-electron chi connectivity index (χ1n) is 12.8. The molecule has 1 saturated heterocycles. The smallest absolute Gasteiger partial charge is 0.350 e. The second-order valence-electron chi connectivity index (χ2n) is 9.43. The number of Topliss-reactive ketones (excluding diaryl/α,β-unsaturated/α-hetero) is 1. The van der Waals surface area contributed by atoms with Crippen molar-refractivity contribution in [2.75, 3.05) is 18.1 Å². The van der Waals surface area contributed by atoms with Gasteiger partial charge < -0.3 is 19.3 Å². The van der Waals surface area contributed by atoms with Crippen LogP contribution in [0.5, 0.6) is 11.5 Å². The van der Waals surface area contributed by atoms with Gasteiger partial charge >= 0.3 is 11.9 Å². The van der Waals surface area contributed by atoms with E-state index in [4.69, 9.17) is 14.2 Å². The summed E-state index contributed by atoms with van der Waals surface area (Å²) >= 11 is 0.955. The van der Waals surface area contributed by atoms with Gasteiger partial charge in [0.15, 0.2) is 5.13 Å². The van der Waals surface area contributed by atoms with Crippen molar-refractivity contribution in [2.45, 2.75) is 39.3 Å². The van der Waals surface area contributed by atoms with Gasteiger partial charge in [0.1, 0.15) is 34.8 Å². The molecule has 10 heteroatoms. The standard InChI is InChI=1S/C30H28N2O7S/c1-5-12-38-21-9-7-8-18(15-21)24-23(25(33)19-10-11-22-20(14-19)13-16(3)39-22)26(34)28(35)32(24)30-31-17(4)27(40-30)29(36)37-6-2/h5,7-11,14-16,24,33H,1,6,12-13H2,2-4H3/b25-23+/t16-,24-/m0/s1. The first-order valence-corrected chi connectivity index (χ1v) is 13.6. The largest absolute Gasteiger partial charge is 0.507 e. The number of anilines is 1. The second kappa shape index (κ2) is 11.0. The second-order valence-corrected chi connectivity index (χ2v) is 10.4. The fourth-order valence-corrected chi connectivity index (χ4v) is 5.86. The molecule has 40 heavy (non-hydrogen) atoms. The molecule has 0 aliphatic carbocycles. The van der Waals surface area contributed by atoms with Crippen molar-refractivity contribution in [3.8, 4) is 11.5 Å². The maximum absolute atomic E-state index is 13.6. The van der Waals surface area contributed by atoms with E-state index in [9.17, 15) is 19.5 Å². The van der Waals surface area contributed by atoms with Crippen LogP contribution in [0.15, 0.2) is 60.7 Å². The molecule has 2 aliphatic rings. The van der Waals surface area contributed by atoms with Gasteiger partial charge in [0, 0.05) is 12.0 Å². The monoisotopic (exact) mass is 560 g/mol. The molecular formula is C30H28N2O7S. The van der Waals surface area contributed by atoms with Crippen LogP contribution in [-0.4, -0.2) is 47.1 Å². The lowest BCUT2D eigenvalue weighted by molar-refractivity contribution is -0.132. The number of aliphatic hydroxyl groups excluding tert-OH is 1. The topological polar surface area (TPSA) is 115 Å². The molecule has 0 unspecified atom stereocenters. The fourth-order valence-electron chi connectivity index (χ4n) is 4.87. The molecule has 0 spiro atoms. The average Bonchev–Trinajstić information content (AvgIpc) is 3.59. The molecule has 1 amide bonds. The number of aryl methyl sites for hydroxylation is 1. The molecule has 5 rings (SSSR count). The molecule has 2 aromatic carbocycles. The Hall–Kier alpha value is -4.44. The number of hydrogen-bond donors (Lipinski definition) is 1. The predicted molar refractivity (Wildman–Crippen MR) is 150 cm³/mol. The number of ketones is 1. The minimum atomic E-state index is -1.03. The Morgan fingerprint density at radius 1 is 1.27 bits per heavy atom. The van der Waals surface area contributed by atoms with E-state index < -0.39 is 23.7 Å². The molecule has 3 aromatic rings. The molecule has 2 atom stereocenters. The van der Waals surface area contributed by atoms with Gasteiger partial charge in [-0.2, -0.15) is 0 Å². The third-order valence-corrected chi connectivity index (χ3v) is 7.74. The zero-order valence-electron chi connectivity index (χ0n) is 22.3. The molecule has 1 aromatic heterocycles. The summed E-state index contributed by atoms with van der Waals surface area (Å²) in [7, 11) is 0. The Balaban J connectivity index is 1.67. The summed E-state index contributed by atoms with van der Waals surface area (Å²) < 4.78 is 16.6. The molecule has 3 heterocycles. The Bertz CT molecular complexity index is 1560. The van der Waals surface area contributed by atoms with Crippen molar-refractivity contribution in [2.24, 2.45) is 0 Å². The van der Waals surface area contributed by atoms with Crippen molar-refractivity contribution in [3.63, 3.8) is 0 Å². The highest BCUT2D eigenvalue weighted by Gasteiger charge is 2.48. The summed E-state index contributed by atoms with van der Waals surface area (Å²) in [5, 5.41) is 11.7. The van der Waals surface area contributed by atoms with E-state index in [-0.39, 0.29) is 40.7 Å². The first-order chi connectivity index (χ1) is 19.2. The summed E-state index contributed by atoms with van der Waals surface area (Å²) in [6, 6.07) is 11.1. The molecule has 1 N–H and O–H groups in total. The van der Waals surface area contributed by atoms with Crippen LogP contribution in [0.2, 0.25) is 0 Å². The normalized spacial score (nSPS) is 19.3. The number of fused-ring (bicyclic) bond motifs is 1. The van der Waals surface area contributed by atoms with E-state index in [0.29, 0.717) is 29.0 Å². The van der Waals surface area contributed by atoms with Crippen molar-refractivity contribution in [1.82, 2.24) is 4.98 Å². The number of ether oxygens (including phenoxy) is 3. The number of carbonyl (C=O) groups is 3. The summed E-state index contributed by atoms with van der Waals surface area (Å²) in [6.07, 6.45) is 2.26. The van der Waals surface area contributed by atoms with Gasteiger partial charge in [0.05, 0.1) is 23.9 Å². The van der Waals surface area contributed by atoms with Crippen LogP contribution in [0.25, 0.3) is 5.76 Å². The Morgan fingerprint density at radius 3 is 2.83 bits per heavy atom. The van der Waals surface area contributed by atoms with Crippen LogP contribution >= 0.6 is 11.3 Å².